The van der Waals surface area contributed by atoms with Crippen LogP contribution in [-0.4, -0.2) is 47.4 Å². The molecule has 1 amide bonds. The zero-order chi connectivity index (χ0) is 57.8. The van der Waals surface area contributed by atoms with Crippen molar-refractivity contribution in [1.29, 1.82) is 0 Å². The van der Waals surface area contributed by atoms with Crippen LogP contribution in [0.5, 0.6) is 0 Å². The summed E-state index contributed by atoms with van der Waals surface area (Å²) in [6, 6.07) is -0.623. The summed E-state index contributed by atoms with van der Waals surface area (Å²) in [6.45, 7) is 4.90. The molecule has 0 aliphatic carbocycles. The van der Waals surface area contributed by atoms with Crippen LogP contribution in [0.3, 0.4) is 0 Å². The minimum atomic E-state index is -0.840. The highest BCUT2D eigenvalue weighted by Gasteiger charge is 2.18. The van der Waals surface area contributed by atoms with Crippen LogP contribution in [0.25, 0.3) is 0 Å². The monoisotopic (exact) mass is 1120 g/mol. The molecule has 0 aromatic rings. The number of ether oxygens (including phenoxy) is 1. The smallest absolute Gasteiger partial charge is 0.305 e. The van der Waals surface area contributed by atoms with E-state index in [-0.39, 0.29) is 18.5 Å². The van der Waals surface area contributed by atoms with Crippen molar-refractivity contribution in [3.05, 3.63) is 36.5 Å². The Balaban J connectivity index is 3.31. The molecule has 0 aromatic heterocycles. The number of hydrogen-bond donors (Lipinski definition) is 3. The lowest BCUT2D eigenvalue weighted by atomic mass is 10.0. The van der Waals surface area contributed by atoms with Gasteiger partial charge in [-0.05, 0) is 64.2 Å². The van der Waals surface area contributed by atoms with Gasteiger partial charge in [-0.25, -0.2) is 0 Å². The molecule has 0 fully saturated rings. The predicted octanol–water partition coefficient (Wildman–Crippen LogP) is 23.5. The second-order valence-corrected chi connectivity index (χ2v) is 24.9. The molecule has 472 valence electrons. The van der Waals surface area contributed by atoms with Gasteiger partial charge < -0.3 is 20.3 Å². The van der Waals surface area contributed by atoms with Crippen LogP contribution in [0, 0.1) is 0 Å². The molecular formula is C74H141NO5. The Hall–Kier alpha value is -1.92. The summed E-state index contributed by atoms with van der Waals surface area (Å²) < 4.78 is 5.51. The molecule has 0 rings (SSSR count). The number of carbonyl (C=O) groups is 2. The standard InChI is InChI=1S/C74H141NO5/c1-3-5-7-9-11-13-15-17-18-19-34-38-41-44-48-52-56-60-64-68-74(79)80-69-65-61-57-53-49-45-42-39-36-33-31-29-27-25-23-21-20-22-24-26-28-30-32-35-37-40-43-47-51-55-59-63-67-73(78)75-71(70-76)72(77)66-62-58-54-50-46-16-14-12-10-8-6-4-2/h11,13,17-18,62,66,71-72,76-77H,3-10,12,14-16,19-61,63-65,67-70H2,1-2H3,(H,75,78)/b13-11-,18-17-,66-62+. The van der Waals surface area contributed by atoms with Crippen LogP contribution in [0.2, 0.25) is 0 Å². The minimum absolute atomic E-state index is 0.0175. The number of allylic oxidation sites excluding steroid dienone is 5. The summed E-state index contributed by atoms with van der Waals surface area (Å²) in [5.74, 6) is -0.0450. The summed E-state index contributed by atoms with van der Waals surface area (Å²) in [7, 11) is 0. The third kappa shape index (κ3) is 65.2. The van der Waals surface area contributed by atoms with Crippen molar-refractivity contribution in [2.75, 3.05) is 13.2 Å². The van der Waals surface area contributed by atoms with E-state index in [2.05, 4.69) is 43.5 Å². The van der Waals surface area contributed by atoms with Gasteiger partial charge in [0.2, 0.25) is 5.91 Å². The summed E-state index contributed by atoms with van der Waals surface area (Å²) in [4.78, 5) is 24.6. The van der Waals surface area contributed by atoms with Gasteiger partial charge in [-0.2, -0.15) is 0 Å². The third-order valence-electron chi connectivity index (χ3n) is 16.9. The maximum atomic E-state index is 12.5. The molecule has 6 heteroatoms. The number of hydrogen-bond acceptors (Lipinski definition) is 5. The van der Waals surface area contributed by atoms with Crippen molar-refractivity contribution >= 4 is 11.9 Å². The number of amides is 1. The molecule has 3 N–H and O–H groups in total. The quantitative estimate of drug-likeness (QED) is 0.0320. The Bertz CT molecular complexity index is 1300. The maximum absolute atomic E-state index is 12.5. The Kier molecular flexibility index (Phi) is 67.9. The number of aliphatic hydroxyl groups excluding tert-OH is 2. The summed E-state index contributed by atoms with van der Waals surface area (Å²) in [6.07, 6.45) is 89.6. The van der Waals surface area contributed by atoms with E-state index in [4.69, 9.17) is 4.74 Å². The van der Waals surface area contributed by atoms with Gasteiger partial charge in [-0.1, -0.05) is 359 Å². The zero-order valence-electron chi connectivity index (χ0n) is 54.1. The second-order valence-electron chi connectivity index (χ2n) is 24.9. The van der Waals surface area contributed by atoms with E-state index in [1.165, 1.54) is 321 Å². The van der Waals surface area contributed by atoms with Gasteiger partial charge in [0.05, 0.1) is 25.4 Å². The Morgan fingerprint density at radius 2 is 0.625 bits per heavy atom. The van der Waals surface area contributed by atoms with Crippen molar-refractivity contribution in [1.82, 2.24) is 5.32 Å². The molecule has 0 aliphatic rings. The normalized spacial score (nSPS) is 12.7. The summed E-state index contributed by atoms with van der Waals surface area (Å²) in [5.41, 5.74) is 0. The van der Waals surface area contributed by atoms with Gasteiger partial charge in [-0.3, -0.25) is 9.59 Å². The van der Waals surface area contributed by atoms with Gasteiger partial charge in [0, 0.05) is 12.8 Å². The molecular weight excluding hydrogens is 983 g/mol. The molecule has 0 saturated carbocycles. The van der Waals surface area contributed by atoms with Crippen LogP contribution in [0.4, 0.5) is 0 Å². The molecule has 0 radical (unpaired) electrons. The zero-order valence-corrected chi connectivity index (χ0v) is 54.1. The highest BCUT2D eigenvalue weighted by Crippen LogP contribution is 2.19. The molecule has 0 heterocycles. The van der Waals surface area contributed by atoms with Crippen molar-refractivity contribution in [3.63, 3.8) is 0 Å². The van der Waals surface area contributed by atoms with E-state index >= 15 is 0 Å². The average molecular weight is 1120 g/mol. The lowest BCUT2D eigenvalue weighted by Crippen LogP contribution is -2.45. The van der Waals surface area contributed by atoms with Crippen LogP contribution >= 0.6 is 0 Å². The lowest BCUT2D eigenvalue weighted by molar-refractivity contribution is -0.143. The first-order valence-corrected chi connectivity index (χ1v) is 36.3. The highest BCUT2D eigenvalue weighted by atomic mass is 16.5. The number of unbranched alkanes of at least 4 members (excludes halogenated alkanes) is 53. The molecule has 0 aliphatic heterocycles. The minimum Gasteiger partial charge on any atom is -0.466 e. The molecule has 6 nitrogen and oxygen atoms in total. The number of rotatable bonds is 68. The molecule has 0 bridgehead atoms. The van der Waals surface area contributed by atoms with E-state index in [0.29, 0.717) is 19.4 Å². The van der Waals surface area contributed by atoms with Gasteiger partial charge in [-0.15, -0.1) is 0 Å². The molecule has 0 aromatic carbocycles. The van der Waals surface area contributed by atoms with Crippen molar-refractivity contribution in [3.8, 4) is 0 Å². The third-order valence-corrected chi connectivity index (χ3v) is 16.9. The van der Waals surface area contributed by atoms with Crippen molar-refractivity contribution in [2.24, 2.45) is 0 Å². The van der Waals surface area contributed by atoms with E-state index in [0.717, 1.165) is 51.4 Å². The fraction of sp³-hybridized carbons (Fsp3) is 0.892. The van der Waals surface area contributed by atoms with Crippen LogP contribution in [0.1, 0.15) is 399 Å². The number of esters is 1. The Morgan fingerprint density at radius 1 is 0.350 bits per heavy atom. The lowest BCUT2D eigenvalue weighted by Gasteiger charge is -2.20. The first-order chi connectivity index (χ1) is 39.5. The summed E-state index contributed by atoms with van der Waals surface area (Å²) >= 11 is 0. The molecule has 0 spiro atoms. The molecule has 2 atom stereocenters. The van der Waals surface area contributed by atoms with Crippen LogP contribution < -0.4 is 5.32 Å². The number of carbonyl (C=O) groups excluding carboxylic acids is 2. The first-order valence-electron chi connectivity index (χ1n) is 36.3. The average Bonchev–Trinajstić information content (AvgIpc) is 3.46. The fourth-order valence-corrected chi connectivity index (χ4v) is 11.4. The maximum Gasteiger partial charge on any atom is 0.305 e. The fourth-order valence-electron chi connectivity index (χ4n) is 11.4. The molecule has 2 unspecified atom stereocenters. The van der Waals surface area contributed by atoms with E-state index in [1.54, 1.807) is 6.08 Å². The summed E-state index contributed by atoms with van der Waals surface area (Å²) in [5, 5.41) is 23.1. The topological polar surface area (TPSA) is 95.9 Å². The van der Waals surface area contributed by atoms with Crippen LogP contribution in [0.15, 0.2) is 36.5 Å². The predicted molar refractivity (Wildman–Crippen MR) is 352 cm³/mol. The second kappa shape index (κ2) is 69.6. The van der Waals surface area contributed by atoms with Gasteiger partial charge >= 0.3 is 5.97 Å². The number of nitrogens with one attached hydrogen (secondary N) is 1. The van der Waals surface area contributed by atoms with Crippen molar-refractivity contribution in [2.45, 2.75) is 411 Å². The molecule has 0 saturated heterocycles. The SMILES string of the molecule is CCCCC/C=C\C/C=C\CCCCCCCCCCCC(=O)OCCCCCCCCCCCCCCCCCCCCCCCCCCCCCCCCCCC(=O)NC(CO)C(O)/C=C/CCCCCCCCCCCC. The Morgan fingerprint density at radius 3 is 0.975 bits per heavy atom. The number of aliphatic hydroxyl groups is 2. The van der Waals surface area contributed by atoms with E-state index < -0.39 is 12.1 Å². The van der Waals surface area contributed by atoms with Crippen LogP contribution in [-0.2, 0) is 14.3 Å². The molecule has 80 heavy (non-hydrogen) atoms. The first kappa shape index (κ1) is 78.1. The van der Waals surface area contributed by atoms with E-state index in [1.807, 2.05) is 6.08 Å². The largest absolute Gasteiger partial charge is 0.466 e. The van der Waals surface area contributed by atoms with Gasteiger partial charge in [0.25, 0.3) is 0 Å². The van der Waals surface area contributed by atoms with Crippen molar-refractivity contribution < 1.29 is 24.5 Å². The van der Waals surface area contributed by atoms with E-state index in [9.17, 15) is 19.8 Å². The highest BCUT2D eigenvalue weighted by molar-refractivity contribution is 5.76. The van der Waals surface area contributed by atoms with Gasteiger partial charge in [0.1, 0.15) is 0 Å². The van der Waals surface area contributed by atoms with Gasteiger partial charge in [0.15, 0.2) is 0 Å². The Labute approximate surface area is 500 Å².